The van der Waals surface area contributed by atoms with Crippen molar-refractivity contribution < 1.29 is 9.53 Å². The molecule has 0 aromatic heterocycles. The summed E-state index contributed by atoms with van der Waals surface area (Å²) in [5.41, 5.74) is 0. The van der Waals surface area contributed by atoms with Gasteiger partial charge in [0.05, 0.1) is 6.61 Å². The number of hydrogen-bond donors (Lipinski definition) is 0. The number of esters is 1. The van der Waals surface area contributed by atoms with Crippen molar-refractivity contribution in [2.24, 2.45) is 0 Å². The van der Waals surface area contributed by atoms with Crippen molar-refractivity contribution in [1.82, 2.24) is 4.90 Å². The monoisotopic (exact) mass is 199 g/mol. The number of nitrogens with zero attached hydrogens (tertiary/aromatic N) is 1. The normalized spacial score (nSPS) is 21.3. The molecule has 0 aromatic rings. The molecular weight excluding hydrogens is 178 g/mol. The predicted molar refractivity (Wildman–Crippen MR) is 56.1 cm³/mol. The quantitative estimate of drug-likeness (QED) is 0.649. The lowest BCUT2D eigenvalue weighted by Gasteiger charge is -2.25. The van der Waals surface area contributed by atoms with Crippen LogP contribution in [0.25, 0.3) is 0 Å². The van der Waals surface area contributed by atoms with Gasteiger partial charge in [0, 0.05) is 0 Å². The van der Waals surface area contributed by atoms with Crippen LogP contribution in [-0.4, -0.2) is 36.6 Å². The molecule has 3 nitrogen and oxygen atoms in total. The first-order valence-electron chi connectivity index (χ1n) is 5.66. The van der Waals surface area contributed by atoms with E-state index >= 15 is 0 Å². The fourth-order valence-electron chi connectivity index (χ4n) is 1.89. The molecule has 0 amide bonds. The van der Waals surface area contributed by atoms with Gasteiger partial charge in [-0.3, -0.25) is 9.69 Å². The Bertz CT molecular complexity index is 174. The zero-order valence-electron chi connectivity index (χ0n) is 9.29. The molecule has 0 radical (unpaired) electrons. The van der Waals surface area contributed by atoms with Crippen LogP contribution in [0.5, 0.6) is 0 Å². The summed E-state index contributed by atoms with van der Waals surface area (Å²) in [6.45, 7) is 6.37. The van der Waals surface area contributed by atoms with Gasteiger partial charge in [0.1, 0.15) is 6.04 Å². The second-order valence-corrected chi connectivity index (χ2v) is 3.88. The Kier molecular flexibility index (Phi) is 4.94. The molecule has 1 aliphatic heterocycles. The minimum Gasteiger partial charge on any atom is -0.465 e. The highest BCUT2D eigenvalue weighted by Crippen LogP contribution is 2.13. The van der Waals surface area contributed by atoms with Gasteiger partial charge in [-0.15, -0.1) is 0 Å². The maximum absolute atomic E-state index is 11.5. The largest absolute Gasteiger partial charge is 0.465 e. The lowest BCUT2D eigenvalue weighted by atomic mass is 10.2. The summed E-state index contributed by atoms with van der Waals surface area (Å²) in [5, 5.41) is 0. The predicted octanol–water partition coefficient (Wildman–Crippen LogP) is 1.81. The molecule has 0 spiro atoms. The Morgan fingerprint density at radius 2 is 1.86 bits per heavy atom. The Hall–Kier alpha value is -0.570. The standard InChI is InChI=1S/C11H21NO2/c1-3-14-11(13)10(2)12-8-6-4-5-7-9-12/h10H,3-9H2,1-2H3/t10-/m0/s1. The number of carbonyl (C=O) groups excluding carboxylic acids is 1. The zero-order chi connectivity index (χ0) is 10.4. The van der Waals surface area contributed by atoms with Crippen molar-refractivity contribution in [3.8, 4) is 0 Å². The Labute approximate surface area is 86.4 Å². The lowest BCUT2D eigenvalue weighted by Crippen LogP contribution is -2.40. The molecule has 14 heavy (non-hydrogen) atoms. The molecule has 3 heteroatoms. The van der Waals surface area contributed by atoms with Gasteiger partial charge in [-0.2, -0.15) is 0 Å². The average molecular weight is 199 g/mol. The molecule has 1 atom stereocenters. The Morgan fingerprint density at radius 1 is 1.29 bits per heavy atom. The highest BCUT2D eigenvalue weighted by atomic mass is 16.5. The van der Waals surface area contributed by atoms with Crippen LogP contribution in [0, 0.1) is 0 Å². The first kappa shape index (κ1) is 11.5. The van der Waals surface area contributed by atoms with Crippen molar-refractivity contribution in [1.29, 1.82) is 0 Å². The molecule has 1 rings (SSSR count). The topological polar surface area (TPSA) is 29.5 Å². The van der Waals surface area contributed by atoms with Crippen molar-refractivity contribution >= 4 is 5.97 Å². The van der Waals surface area contributed by atoms with Gasteiger partial charge >= 0.3 is 5.97 Å². The molecule has 1 saturated heterocycles. The number of hydrogen-bond acceptors (Lipinski definition) is 3. The molecular formula is C11H21NO2. The molecule has 0 aromatic carbocycles. The molecule has 0 unspecified atom stereocenters. The van der Waals surface area contributed by atoms with E-state index in [0.717, 1.165) is 13.1 Å². The highest BCUT2D eigenvalue weighted by Gasteiger charge is 2.22. The van der Waals surface area contributed by atoms with Gasteiger partial charge in [-0.1, -0.05) is 12.8 Å². The summed E-state index contributed by atoms with van der Waals surface area (Å²) >= 11 is 0. The first-order chi connectivity index (χ1) is 6.75. The van der Waals surface area contributed by atoms with E-state index in [1.807, 2.05) is 13.8 Å². The SMILES string of the molecule is CCOC(=O)[C@H](C)N1CCCCCC1. The Balaban J connectivity index is 2.40. The maximum Gasteiger partial charge on any atom is 0.323 e. The van der Waals surface area contributed by atoms with Gasteiger partial charge in [0.25, 0.3) is 0 Å². The third kappa shape index (κ3) is 3.29. The number of carbonyl (C=O) groups is 1. The summed E-state index contributed by atoms with van der Waals surface area (Å²) in [6, 6.07) is -0.0620. The molecule has 1 fully saturated rings. The lowest BCUT2D eigenvalue weighted by molar-refractivity contribution is -0.148. The molecule has 0 bridgehead atoms. The summed E-state index contributed by atoms with van der Waals surface area (Å²) in [6.07, 6.45) is 5.02. The van der Waals surface area contributed by atoms with Gasteiger partial charge in [-0.25, -0.2) is 0 Å². The average Bonchev–Trinajstić information content (AvgIpc) is 2.45. The van der Waals surface area contributed by atoms with Crippen LogP contribution in [0.1, 0.15) is 39.5 Å². The third-order valence-corrected chi connectivity index (χ3v) is 2.82. The Morgan fingerprint density at radius 3 is 2.36 bits per heavy atom. The molecule has 0 N–H and O–H groups in total. The van der Waals surface area contributed by atoms with E-state index in [4.69, 9.17) is 4.74 Å². The fraction of sp³-hybridized carbons (Fsp3) is 0.909. The smallest absolute Gasteiger partial charge is 0.323 e. The van der Waals surface area contributed by atoms with E-state index in [2.05, 4.69) is 4.90 Å². The summed E-state index contributed by atoms with van der Waals surface area (Å²) in [4.78, 5) is 13.7. The van der Waals surface area contributed by atoms with Gasteiger partial charge < -0.3 is 4.74 Å². The molecule has 0 saturated carbocycles. The van der Waals surface area contributed by atoms with Crippen molar-refractivity contribution in [2.45, 2.75) is 45.6 Å². The van der Waals surface area contributed by atoms with Gasteiger partial charge in [-0.05, 0) is 39.8 Å². The van der Waals surface area contributed by atoms with Crippen LogP contribution >= 0.6 is 0 Å². The van der Waals surface area contributed by atoms with Crippen LogP contribution in [0.15, 0.2) is 0 Å². The molecule has 1 aliphatic rings. The second kappa shape index (κ2) is 6.02. The van der Waals surface area contributed by atoms with Crippen molar-refractivity contribution in [2.75, 3.05) is 19.7 Å². The van der Waals surface area contributed by atoms with E-state index in [9.17, 15) is 4.79 Å². The summed E-state index contributed by atoms with van der Waals surface area (Å²) in [5.74, 6) is -0.0746. The van der Waals surface area contributed by atoms with Gasteiger partial charge in [0.2, 0.25) is 0 Å². The summed E-state index contributed by atoms with van der Waals surface area (Å²) in [7, 11) is 0. The molecule has 82 valence electrons. The fourth-order valence-corrected chi connectivity index (χ4v) is 1.89. The van der Waals surface area contributed by atoms with Crippen molar-refractivity contribution in [3.63, 3.8) is 0 Å². The molecule has 0 aliphatic carbocycles. The van der Waals surface area contributed by atoms with Gasteiger partial charge in [0.15, 0.2) is 0 Å². The number of likely N-dealkylation sites (tertiary alicyclic amines) is 1. The van der Waals surface area contributed by atoms with E-state index in [1.165, 1.54) is 25.7 Å². The van der Waals surface area contributed by atoms with Crippen LogP contribution in [0.3, 0.4) is 0 Å². The maximum atomic E-state index is 11.5. The third-order valence-electron chi connectivity index (χ3n) is 2.82. The van der Waals surface area contributed by atoms with E-state index in [-0.39, 0.29) is 12.0 Å². The van der Waals surface area contributed by atoms with Crippen molar-refractivity contribution in [3.05, 3.63) is 0 Å². The zero-order valence-corrected chi connectivity index (χ0v) is 9.29. The summed E-state index contributed by atoms with van der Waals surface area (Å²) < 4.78 is 5.02. The number of rotatable bonds is 3. The van der Waals surface area contributed by atoms with E-state index in [0.29, 0.717) is 6.61 Å². The van der Waals surface area contributed by atoms with E-state index in [1.54, 1.807) is 0 Å². The minimum absolute atomic E-state index is 0.0620. The second-order valence-electron chi connectivity index (χ2n) is 3.88. The molecule has 1 heterocycles. The first-order valence-corrected chi connectivity index (χ1v) is 5.66. The van der Waals surface area contributed by atoms with Crippen LogP contribution in [0.4, 0.5) is 0 Å². The van der Waals surface area contributed by atoms with E-state index < -0.39 is 0 Å². The highest BCUT2D eigenvalue weighted by molar-refractivity contribution is 5.75. The van der Waals surface area contributed by atoms with Crippen LogP contribution < -0.4 is 0 Å². The number of ether oxygens (including phenoxy) is 1. The van der Waals surface area contributed by atoms with Crippen LogP contribution in [0.2, 0.25) is 0 Å². The van der Waals surface area contributed by atoms with Crippen LogP contribution in [-0.2, 0) is 9.53 Å². The minimum atomic E-state index is -0.0746.